The number of ether oxygens (including phenoxy) is 1. The molecule has 0 saturated carbocycles. The van der Waals surface area contributed by atoms with Crippen molar-refractivity contribution in [2.45, 2.75) is 18.0 Å². The molecule has 0 aliphatic rings. The fourth-order valence-corrected chi connectivity index (χ4v) is 4.41. The number of nitrogens with one attached hydrogen (secondary N) is 2. The lowest BCUT2D eigenvalue weighted by Gasteiger charge is -2.10. The van der Waals surface area contributed by atoms with Gasteiger partial charge in [-0.15, -0.1) is 11.3 Å². The van der Waals surface area contributed by atoms with E-state index < -0.39 is 28.7 Å². The number of anilines is 1. The summed E-state index contributed by atoms with van der Waals surface area (Å²) in [6.07, 6.45) is -4.44. The van der Waals surface area contributed by atoms with E-state index in [2.05, 4.69) is 14.8 Å². The van der Waals surface area contributed by atoms with E-state index in [4.69, 9.17) is 0 Å². The molecule has 2 rings (SSSR count). The summed E-state index contributed by atoms with van der Waals surface area (Å²) in [6, 6.07) is 7.95. The van der Waals surface area contributed by atoms with Crippen LogP contribution in [-0.2, 0) is 14.8 Å². The monoisotopic (exact) mass is 422 g/mol. The Labute approximate surface area is 158 Å². The van der Waals surface area contributed by atoms with E-state index in [0.717, 1.165) is 16.9 Å². The third-order valence-corrected chi connectivity index (χ3v) is 5.69. The van der Waals surface area contributed by atoms with Gasteiger partial charge in [0.2, 0.25) is 0 Å². The molecule has 148 valence electrons. The number of alkyl halides is 3. The Bertz CT molecular complexity index is 878. The SMILES string of the molecule is Cc1ccc(NS(=O)(=O)c2ccsc2C(=O)NCCOCC(F)(F)F)cc1. The number of amides is 1. The highest BCUT2D eigenvalue weighted by molar-refractivity contribution is 7.93. The van der Waals surface area contributed by atoms with E-state index in [1.54, 1.807) is 24.3 Å². The molecular formula is C16H17F3N2O4S2. The molecule has 27 heavy (non-hydrogen) atoms. The number of hydrogen-bond acceptors (Lipinski definition) is 5. The van der Waals surface area contributed by atoms with Crippen molar-refractivity contribution in [3.05, 3.63) is 46.2 Å². The predicted octanol–water partition coefficient (Wildman–Crippen LogP) is 3.17. The average Bonchev–Trinajstić information content (AvgIpc) is 3.06. The standard InChI is InChI=1S/C16H17F3N2O4S2/c1-11-2-4-12(5-3-11)21-27(23,24)13-6-9-26-14(13)15(22)20-7-8-25-10-16(17,18)19/h2-6,9,21H,7-8,10H2,1H3,(H,20,22). The van der Waals surface area contributed by atoms with Gasteiger partial charge in [0.05, 0.1) is 6.61 Å². The summed E-state index contributed by atoms with van der Waals surface area (Å²) in [4.78, 5) is 11.9. The van der Waals surface area contributed by atoms with Crippen molar-refractivity contribution in [3.8, 4) is 0 Å². The highest BCUT2D eigenvalue weighted by Crippen LogP contribution is 2.24. The van der Waals surface area contributed by atoms with Crippen molar-refractivity contribution in [1.29, 1.82) is 0 Å². The topological polar surface area (TPSA) is 84.5 Å². The molecule has 0 aliphatic carbocycles. The molecule has 2 N–H and O–H groups in total. The van der Waals surface area contributed by atoms with Gasteiger partial charge < -0.3 is 10.1 Å². The van der Waals surface area contributed by atoms with Gasteiger partial charge in [-0.2, -0.15) is 13.2 Å². The van der Waals surface area contributed by atoms with Gasteiger partial charge in [0.1, 0.15) is 16.4 Å². The number of hydrogen-bond donors (Lipinski definition) is 2. The van der Waals surface area contributed by atoms with Crippen LogP contribution in [0.4, 0.5) is 18.9 Å². The maximum Gasteiger partial charge on any atom is 0.411 e. The minimum atomic E-state index is -4.44. The van der Waals surface area contributed by atoms with Crippen LogP contribution in [-0.4, -0.2) is 40.3 Å². The molecule has 0 bridgehead atoms. The van der Waals surface area contributed by atoms with E-state index in [-0.39, 0.29) is 22.9 Å². The van der Waals surface area contributed by atoms with Gasteiger partial charge in [-0.1, -0.05) is 17.7 Å². The van der Waals surface area contributed by atoms with Gasteiger partial charge in [0.15, 0.2) is 0 Å². The zero-order chi connectivity index (χ0) is 20.1. The van der Waals surface area contributed by atoms with Crippen LogP contribution in [0.1, 0.15) is 15.2 Å². The van der Waals surface area contributed by atoms with Crippen LogP contribution in [0.5, 0.6) is 0 Å². The Kier molecular flexibility index (Phi) is 6.84. The zero-order valence-corrected chi connectivity index (χ0v) is 15.8. The molecule has 0 fully saturated rings. The molecule has 2 aromatic rings. The number of benzene rings is 1. The van der Waals surface area contributed by atoms with E-state index >= 15 is 0 Å². The fraction of sp³-hybridized carbons (Fsp3) is 0.312. The lowest BCUT2D eigenvalue weighted by Crippen LogP contribution is -2.29. The normalized spacial score (nSPS) is 12.0. The summed E-state index contributed by atoms with van der Waals surface area (Å²) in [7, 11) is -3.99. The van der Waals surface area contributed by atoms with Crippen LogP contribution in [0, 0.1) is 6.92 Å². The summed E-state index contributed by atoms with van der Waals surface area (Å²) < 4.78 is 67.7. The lowest BCUT2D eigenvalue weighted by molar-refractivity contribution is -0.173. The molecule has 11 heteroatoms. The Hall–Kier alpha value is -2.11. The molecule has 0 saturated heterocycles. The van der Waals surface area contributed by atoms with E-state index in [1.165, 1.54) is 11.4 Å². The second-order valence-electron chi connectivity index (χ2n) is 5.51. The number of halogens is 3. The Balaban J connectivity index is 1.99. The molecule has 1 aromatic heterocycles. The quantitative estimate of drug-likeness (QED) is 0.640. The van der Waals surface area contributed by atoms with Crippen LogP contribution in [0.2, 0.25) is 0 Å². The Morgan fingerprint density at radius 2 is 1.85 bits per heavy atom. The van der Waals surface area contributed by atoms with Crippen molar-refractivity contribution in [2.24, 2.45) is 0 Å². The number of sulfonamides is 1. The third kappa shape index (κ3) is 6.52. The maximum atomic E-state index is 12.5. The summed E-state index contributed by atoms with van der Waals surface area (Å²) >= 11 is 0.914. The van der Waals surface area contributed by atoms with Crippen molar-refractivity contribution in [2.75, 3.05) is 24.5 Å². The molecule has 0 spiro atoms. The van der Waals surface area contributed by atoms with Crippen LogP contribution in [0.25, 0.3) is 0 Å². The molecule has 0 atom stereocenters. The number of aryl methyl sites for hydroxylation is 1. The molecule has 1 amide bonds. The Morgan fingerprint density at radius 1 is 1.19 bits per heavy atom. The zero-order valence-electron chi connectivity index (χ0n) is 14.2. The van der Waals surface area contributed by atoms with Crippen molar-refractivity contribution >= 4 is 33.0 Å². The molecule has 1 heterocycles. The number of carbonyl (C=O) groups excluding carboxylic acids is 1. The first-order chi connectivity index (χ1) is 12.6. The molecular weight excluding hydrogens is 405 g/mol. The highest BCUT2D eigenvalue weighted by atomic mass is 32.2. The first-order valence-electron chi connectivity index (χ1n) is 7.68. The number of rotatable bonds is 8. The molecule has 1 aromatic carbocycles. The molecule has 0 aliphatic heterocycles. The predicted molar refractivity (Wildman–Crippen MR) is 95.5 cm³/mol. The third-order valence-electron chi connectivity index (χ3n) is 3.23. The average molecular weight is 422 g/mol. The van der Waals surface area contributed by atoms with Gasteiger partial charge in [0, 0.05) is 12.2 Å². The number of thiophene rings is 1. The minimum Gasteiger partial charge on any atom is -0.370 e. The van der Waals surface area contributed by atoms with Crippen LogP contribution in [0.3, 0.4) is 0 Å². The largest absolute Gasteiger partial charge is 0.411 e. The second-order valence-corrected chi connectivity index (χ2v) is 8.08. The van der Waals surface area contributed by atoms with Gasteiger partial charge in [-0.05, 0) is 30.5 Å². The van der Waals surface area contributed by atoms with Gasteiger partial charge in [0.25, 0.3) is 15.9 Å². The van der Waals surface area contributed by atoms with Crippen LogP contribution < -0.4 is 10.0 Å². The smallest absolute Gasteiger partial charge is 0.370 e. The molecule has 0 radical (unpaired) electrons. The Morgan fingerprint density at radius 3 is 2.48 bits per heavy atom. The summed E-state index contributed by atoms with van der Waals surface area (Å²) in [5.74, 6) is -0.704. The lowest BCUT2D eigenvalue weighted by atomic mass is 10.2. The van der Waals surface area contributed by atoms with Gasteiger partial charge in [-0.3, -0.25) is 9.52 Å². The van der Waals surface area contributed by atoms with Gasteiger partial charge >= 0.3 is 6.18 Å². The fourth-order valence-electron chi connectivity index (χ4n) is 2.01. The minimum absolute atomic E-state index is 0.0644. The van der Waals surface area contributed by atoms with E-state index in [1.807, 2.05) is 6.92 Å². The maximum absolute atomic E-state index is 12.5. The van der Waals surface area contributed by atoms with E-state index in [9.17, 15) is 26.4 Å². The first kappa shape index (κ1) is 21.2. The van der Waals surface area contributed by atoms with Crippen molar-refractivity contribution in [1.82, 2.24) is 5.32 Å². The van der Waals surface area contributed by atoms with Crippen LogP contribution >= 0.6 is 11.3 Å². The van der Waals surface area contributed by atoms with Crippen LogP contribution in [0.15, 0.2) is 40.6 Å². The summed E-state index contributed by atoms with van der Waals surface area (Å²) in [5.41, 5.74) is 1.31. The summed E-state index contributed by atoms with van der Waals surface area (Å²) in [5, 5.41) is 3.79. The van der Waals surface area contributed by atoms with Crippen molar-refractivity contribution in [3.63, 3.8) is 0 Å². The first-order valence-corrected chi connectivity index (χ1v) is 10.0. The van der Waals surface area contributed by atoms with Crippen molar-refractivity contribution < 1.29 is 31.1 Å². The summed E-state index contributed by atoms with van der Waals surface area (Å²) in [6.45, 7) is -0.0853. The number of carbonyl (C=O) groups is 1. The highest BCUT2D eigenvalue weighted by Gasteiger charge is 2.27. The molecule has 0 unspecified atom stereocenters. The molecule has 6 nitrogen and oxygen atoms in total. The van der Waals surface area contributed by atoms with E-state index in [0.29, 0.717) is 5.69 Å². The second kappa shape index (κ2) is 8.72. The van der Waals surface area contributed by atoms with Gasteiger partial charge in [-0.25, -0.2) is 8.42 Å².